The van der Waals surface area contributed by atoms with E-state index in [0.29, 0.717) is 5.82 Å². The average molecular weight is 297 g/mol. The van der Waals surface area contributed by atoms with Gasteiger partial charge >= 0.3 is 0 Å². The smallest absolute Gasteiger partial charge is 0.227 e. The maximum atomic E-state index is 6.11. The zero-order chi connectivity index (χ0) is 14.9. The SMILES string of the molecule is Nc1nc(N2CCC(CN3CCCC3)C2)nc2ccccc12. The Hall–Kier alpha value is -1.88. The van der Waals surface area contributed by atoms with Gasteiger partial charge in [-0.25, -0.2) is 4.98 Å². The van der Waals surface area contributed by atoms with Gasteiger partial charge in [-0.05, 0) is 50.4 Å². The minimum Gasteiger partial charge on any atom is -0.383 e. The number of hydrogen-bond acceptors (Lipinski definition) is 5. The van der Waals surface area contributed by atoms with E-state index in [1.165, 1.54) is 38.9 Å². The number of aromatic nitrogens is 2. The fourth-order valence-corrected chi connectivity index (χ4v) is 3.72. The molecule has 4 rings (SSSR count). The molecule has 2 aromatic rings. The molecule has 0 spiro atoms. The summed E-state index contributed by atoms with van der Waals surface area (Å²) in [6.07, 6.45) is 3.95. The van der Waals surface area contributed by atoms with Gasteiger partial charge in [-0.1, -0.05) is 12.1 Å². The van der Waals surface area contributed by atoms with Crippen molar-refractivity contribution in [3.8, 4) is 0 Å². The molecule has 2 saturated heterocycles. The zero-order valence-corrected chi connectivity index (χ0v) is 12.9. The Morgan fingerprint density at radius 3 is 2.77 bits per heavy atom. The van der Waals surface area contributed by atoms with E-state index in [2.05, 4.69) is 14.8 Å². The number of nitrogens with zero attached hydrogens (tertiary/aromatic N) is 4. The first-order valence-corrected chi connectivity index (χ1v) is 8.29. The maximum Gasteiger partial charge on any atom is 0.227 e. The molecule has 0 radical (unpaired) electrons. The number of nitrogens with two attached hydrogens (primary N) is 1. The Balaban J connectivity index is 1.50. The highest BCUT2D eigenvalue weighted by atomic mass is 15.3. The van der Waals surface area contributed by atoms with Gasteiger partial charge in [0.1, 0.15) is 5.82 Å². The minimum absolute atomic E-state index is 0.587. The van der Waals surface area contributed by atoms with Crippen LogP contribution in [-0.2, 0) is 0 Å². The van der Waals surface area contributed by atoms with Crippen molar-refractivity contribution < 1.29 is 0 Å². The highest BCUT2D eigenvalue weighted by Gasteiger charge is 2.27. The summed E-state index contributed by atoms with van der Waals surface area (Å²) in [6, 6.07) is 7.96. The summed E-state index contributed by atoms with van der Waals surface area (Å²) in [4.78, 5) is 14.1. The molecule has 2 aliphatic heterocycles. The van der Waals surface area contributed by atoms with Crippen molar-refractivity contribution in [1.82, 2.24) is 14.9 Å². The molecule has 0 aliphatic carbocycles. The van der Waals surface area contributed by atoms with Crippen LogP contribution >= 0.6 is 0 Å². The molecule has 5 heteroatoms. The van der Waals surface area contributed by atoms with Gasteiger partial charge in [0.25, 0.3) is 0 Å². The molecule has 0 amide bonds. The molecule has 0 bridgehead atoms. The van der Waals surface area contributed by atoms with E-state index in [1.807, 2.05) is 24.3 Å². The van der Waals surface area contributed by atoms with E-state index in [0.717, 1.165) is 35.9 Å². The Morgan fingerprint density at radius 2 is 1.91 bits per heavy atom. The third-order valence-electron chi connectivity index (χ3n) is 4.90. The van der Waals surface area contributed by atoms with Crippen molar-refractivity contribution >= 4 is 22.7 Å². The molecule has 3 heterocycles. The van der Waals surface area contributed by atoms with E-state index >= 15 is 0 Å². The Bertz CT molecular complexity index is 665. The zero-order valence-electron chi connectivity index (χ0n) is 12.9. The molecule has 1 aromatic heterocycles. The standard InChI is InChI=1S/C17H23N5/c18-16-14-5-1-2-6-15(14)19-17(20-16)22-10-7-13(12-22)11-21-8-3-4-9-21/h1-2,5-6,13H,3-4,7-12H2,(H2,18,19,20). The van der Waals surface area contributed by atoms with Crippen LogP contribution in [0.5, 0.6) is 0 Å². The van der Waals surface area contributed by atoms with E-state index < -0.39 is 0 Å². The van der Waals surface area contributed by atoms with Crippen LogP contribution in [0.15, 0.2) is 24.3 Å². The number of benzene rings is 1. The van der Waals surface area contributed by atoms with Crippen LogP contribution in [-0.4, -0.2) is 47.6 Å². The van der Waals surface area contributed by atoms with Gasteiger partial charge in [-0.3, -0.25) is 0 Å². The highest BCUT2D eigenvalue weighted by Crippen LogP contribution is 2.26. The highest BCUT2D eigenvalue weighted by molar-refractivity contribution is 5.88. The normalized spacial score (nSPS) is 22.7. The van der Waals surface area contributed by atoms with E-state index in [-0.39, 0.29) is 0 Å². The second-order valence-electron chi connectivity index (χ2n) is 6.53. The second kappa shape index (κ2) is 5.72. The molecule has 0 saturated carbocycles. The summed E-state index contributed by atoms with van der Waals surface area (Å²) in [6.45, 7) is 5.86. The number of para-hydroxylation sites is 1. The molecule has 1 aromatic carbocycles. The van der Waals surface area contributed by atoms with Crippen LogP contribution < -0.4 is 10.6 Å². The van der Waals surface area contributed by atoms with Gasteiger partial charge in [0.2, 0.25) is 5.95 Å². The molecule has 2 aliphatic rings. The van der Waals surface area contributed by atoms with Crippen LogP contribution in [0.2, 0.25) is 0 Å². The van der Waals surface area contributed by atoms with Gasteiger partial charge in [-0.15, -0.1) is 0 Å². The summed E-state index contributed by atoms with van der Waals surface area (Å²) in [5.41, 5.74) is 7.04. The lowest BCUT2D eigenvalue weighted by Gasteiger charge is -2.21. The predicted molar refractivity (Wildman–Crippen MR) is 89.9 cm³/mol. The molecule has 1 atom stereocenters. The molecule has 2 fully saturated rings. The van der Waals surface area contributed by atoms with Crippen molar-refractivity contribution in [3.63, 3.8) is 0 Å². The van der Waals surface area contributed by atoms with E-state index in [1.54, 1.807) is 0 Å². The van der Waals surface area contributed by atoms with Crippen molar-refractivity contribution in [2.24, 2.45) is 5.92 Å². The number of nitrogen functional groups attached to an aromatic ring is 1. The molecule has 22 heavy (non-hydrogen) atoms. The summed E-state index contributed by atoms with van der Waals surface area (Å²) >= 11 is 0. The second-order valence-corrected chi connectivity index (χ2v) is 6.53. The summed E-state index contributed by atoms with van der Waals surface area (Å²) in [5.74, 6) is 2.11. The first-order chi connectivity index (χ1) is 10.8. The van der Waals surface area contributed by atoms with E-state index in [9.17, 15) is 0 Å². The third-order valence-corrected chi connectivity index (χ3v) is 4.90. The summed E-state index contributed by atoms with van der Waals surface area (Å²) in [7, 11) is 0. The van der Waals surface area contributed by atoms with Crippen LogP contribution in [0, 0.1) is 5.92 Å². The number of hydrogen-bond donors (Lipinski definition) is 1. The van der Waals surface area contributed by atoms with Crippen molar-refractivity contribution in [2.75, 3.05) is 43.4 Å². The maximum absolute atomic E-state index is 6.11. The molecule has 116 valence electrons. The van der Waals surface area contributed by atoms with Crippen LogP contribution in [0.4, 0.5) is 11.8 Å². The lowest BCUT2D eigenvalue weighted by Crippen LogP contribution is -2.29. The number of rotatable bonds is 3. The minimum atomic E-state index is 0.587. The summed E-state index contributed by atoms with van der Waals surface area (Å²) < 4.78 is 0. The van der Waals surface area contributed by atoms with Gasteiger partial charge in [0, 0.05) is 25.0 Å². The number of fused-ring (bicyclic) bond motifs is 1. The first-order valence-electron chi connectivity index (χ1n) is 8.29. The number of likely N-dealkylation sites (tertiary alicyclic amines) is 1. The lowest BCUT2D eigenvalue weighted by molar-refractivity contribution is 0.289. The van der Waals surface area contributed by atoms with Crippen molar-refractivity contribution in [2.45, 2.75) is 19.3 Å². The van der Waals surface area contributed by atoms with Crippen LogP contribution in [0.3, 0.4) is 0 Å². The Labute approximate surface area is 131 Å². The fraction of sp³-hybridized carbons (Fsp3) is 0.529. The fourth-order valence-electron chi connectivity index (χ4n) is 3.72. The van der Waals surface area contributed by atoms with Gasteiger partial charge < -0.3 is 15.5 Å². The Morgan fingerprint density at radius 1 is 1.09 bits per heavy atom. The van der Waals surface area contributed by atoms with Gasteiger partial charge in [0.05, 0.1) is 5.52 Å². The molecule has 5 nitrogen and oxygen atoms in total. The molecular formula is C17H23N5. The van der Waals surface area contributed by atoms with Crippen LogP contribution in [0.1, 0.15) is 19.3 Å². The Kier molecular flexibility index (Phi) is 3.58. The van der Waals surface area contributed by atoms with Crippen LogP contribution in [0.25, 0.3) is 10.9 Å². The molecular weight excluding hydrogens is 274 g/mol. The van der Waals surface area contributed by atoms with Gasteiger partial charge in [-0.2, -0.15) is 4.98 Å². The monoisotopic (exact) mass is 297 g/mol. The predicted octanol–water partition coefficient (Wildman–Crippen LogP) is 2.13. The topological polar surface area (TPSA) is 58.3 Å². The van der Waals surface area contributed by atoms with Gasteiger partial charge in [0.15, 0.2) is 0 Å². The first kappa shape index (κ1) is 13.8. The van der Waals surface area contributed by atoms with Crippen molar-refractivity contribution in [3.05, 3.63) is 24.3 Å². The third kappa shape index (κ3) is 2.61. The molecule has 2 N–H and O–H groups in total. The lowest BCUT2D eigenvalue weighted by atomic mass is 10.1. The number of anilines is 2. The quantitative estimate of drug-likeness (QED) is 0.940. The average Bonchev–Trinajstić information content (AvgIpc) is 3.20. The largest absolute Gasteiger partial charge is 0.383 e. The molecule has 1 unspecified atom stereocenters. The van der Waals surface area contributed by atoms with Crippen molar-refractivity contribution in [1.29, 1.82) is 0 Å². The van der Waals surface area contributed by atoms with E-state index in [4.69, 9.17) is 10.7 Å². The summed E-state index contributed by atoms with van der Waals surface area (Å²) in [5, 5.41) is 0.944.